The molecule has 2 aliphatic heterocycles. The van der Waals surface area contributed by atoms with E-state index in [1.165, 1.54) is 5.56 Å². The number of benzene rings is 1. The molecule has 1 aromatic rings. The molecule has 7 nitrogen and oxygen atoms in total. The Hall–Kier alpha value is -2.15. The minimum Gasteiger partial charge on any atom is -0.444 e. The number of nitro benzene ring substituents is 1. The molecule has 0 atom stereocenters. The molecular formula is C22H33N3O4. The lowest BCUT2D eigenvalue weighted by Crippen LogP contribution is -2.44. The molecule has 3 rings (SSSR count). The average Bonchev–Trinajstić information content (AvgIpc) is 2.68. The molecule has 0 saturated carbocycles. The van der Waals surface area contributed by atoms with Crippen LogP contribution in [-0.2, 0) is 4.74 Å². The number of non-ortho nitro benzene ring substituents is 1. The van der Waals surface area contributed by atoms with Crippen LogP contribution in [0.3, 0.4) is 0 Å². The molecule has 0 radical (unpaired) electrons. The molecule has 7 heteroatoms. The SMILES string of the molecule is CC(C)(C)OC(=O)N1CCC(CN2CCC(c3ccc([N+](=O)[O-])cc3)CC2)CC1. The second-order valence-electron chi connectivity index (χ2n) is 9.33. The number of amides is 1. The Morgan fingerprint density at radius 3 is 2.17 bits per heavy atom. The monoisotopic (exact) mass is 403 g/mol. The van der Waals surface area contributed by atoms with Crippen molar-refractivity contribution in [2.75, 3.05) is 32.7 Å². The molecule has 2 aliphatic rings. The van der Waals surface area contributed by atoms with Crippen molar-refractivity contribution in [3.05, 3.63) is 39.9 Å². The van der Waals surface area contributed by atoms with E-state index in [1.807, 2.05) is 37.8 Å². The molecule has 2 fully saturated rings. The molecule has 0 unspecified atom stereocenters. The minimum absolute atomic E-state index is 0.156. The van der Waals surface area contributed by atoms with Crippen LogP contribution < -0.4 is 0 Å². The van der Waals surface area contributed by atoms with E-state index >= 15 is 0 Å². The van der Waals surface area contributed by atoms with Gasteiger partial charge in [0.05, 0.1) is 4.92 Å². The third-order valence-electron chi connectivity index (χ3n) is 5.95. The molecule has 0 spiro atoms. The summed E-state index contributed by atoms with van der Waals surface area (Å²) in [6.45, 7) is 10.5. The second-order valence-corrected chi connectivity index (χ2v) is 9.33. The van der Waals surface area contributed by atoms with Gasteiger partial charge < -0.3 is 14.5 Å². The van der Waals surface area contributed by atoms with Crippen LogP contribution in [0.1, 0.15) is 57.9 Å². The van der Waals surface area contributed by atoms with Crippen LogP contribution in [-0.4, -0.2) is 59.1 Å². The number of ether oxygens (including phenoxy) is 1. The number of rotatable bonds is 4. The number of hydrogen-bond donors (Lipinski definition) is 0. The standard InChI is InChI=1S/C22H33N3O4/c1-22(2,3)29-21(26)24-14-8-17(9-15-24)16-23-12-10-19(11-13-23)18-4-6-20(7-5-18)25(27)28/h4-7,17,19H,8-16H2,1-3H3. The van der Waals surface area contributed by atoms with Gasteiger partial charge in [0.1, 0.15) is 5.60 Å². The van der Waals surface area contributed by atoms with Crippen molar-refractivity contribution in [1.82, 2.24) is 9.80 Å². The molecule has 29 heavy (non-hydrogen) atoms. The van der Waals surface area contributed by atoms with Gasteiger partial charge in [0, 0.05) is 31.8 Å². The zero-order valence-electron chi connectivity index (χ0n) is 17.8. The Kier molecular flexibility index (Phi) is 6.77. The van der Waals surface area contributed by atoms with Crippen molar-refractivity contribution in [2.45, 2.75) is 58.0 Å². The number of carbonyl (C=O) groups is 1. The maximum Gasteiger partial charge on any atom is 0.410 e. The molecule has 1 aromatic carbocycles. The first-order valence-corrected chi connectivity index (χ1v) is 10.7. The van der Waals surface area contributed by atoms with E-state index < -0.39 is 5.60 Å². The molecular weight excluding hydrogens is 370 g/mol. The van der Waals surface area contributed by atoms with Crippen LogP contribution >= 0.6 is 0 Å². The normalized spacial score (nSPS) is 19.9. The zero-order valence-corrected chi connectivity index (χ0v) is 17.8. The lowest BCUT2D eigenvalue weighted by atomic mass is 9.88. The third-order valence-corrected chi connectivity index (χ3v) is 5.95. The van der Waals surface area contributed by atoms with E-state index in [0.717, 1.165) is 58.4 Å². The Bertz CT molecular complexity index is 698. The summed E-state index contributed by atoms with van der Waals surface area (Å²) in [7, 11) is 0. The topological polar surface area (TPSA) is 75.9 Å². The van der Waals surface area contributed by atoms with Crippen molar-refractivity contribution in [3.8, 4) is 0 Å². The van der Waals surface area contributed by atoms with Gasteiger partial charge in [0.2, 0.25) is 0 Å². The maximum atomic E-state index is 12.2. The Morgan fingerprint density at radius 2 is 1.66 bits per heavy atom. The van der Waals surface area contributed by atoms with Crippen molar-refractivity contribution < 1.29 is 14.5 Å². The van der Waals surface area contributed by atoms with Gasteiger partial charge >= 0.3 is 6.09 Å². The van der Waals surface area contributed by atoms with Crippen molar-refractivity contribution in [3.63, 3.8) is 0 Å². The van der Waals surface area contributed by atoms with E-state index in [0.29, 0.717) is 11.8 Å². The Labute approximate surface area is 173 Å². The number of carbonyl (C=O) groups excluding carboxylic acids is 1. The summed E-state index contributed by atoms with van der Waals surface area (Å²) in [4.78, 5) is 27.0. The summed E-state index contributed by atoms with van der Waals surface area (Å²) in [5, 5.41) is 10.8. The van der Waals surface area contributed by atoms with Gasteiger partial charge in [0.25, 0.3) is 5.69 Å². The quantitative estimate of drug-likeness (QED) is 0.549. The minimum atomic E-state index is -0.443. The van der Waals surface area contributed by atoms with Crippen molar-refractivity contribution in [2.24, 2.45) is 5.92 Å². The first-order chi connectivity index (χ1) is 13.7. The fourth-order valence-electron chi connectivity index (χ4n) is 4.31. The van der Waals surface area contributed by atoms with Gasteiger partial charge in [-0.25, -0.2) is 4.79 Å². The first kappa shape index (κ1) is 21.6. The van der Waals surface area contributed by atoms with Crippen LogP contribution in [0, 0.1) is 16.0 Å². The molecule has 1 amide bonds. The maximum absolute atomic E-state index is 12.2. The van der Waals surface area contributed by atoms with E-state index in [1.54, 1.807) is 12.1 Å². The highest BCUT2D eigenvalue weighted by Crippen LogP contribution is 2.30. The smallest absolute Gasteiger partial charge is 0.410 e. The van der Waals surface area contributed by atoms with Gasteiger partial charge in [-0.1, -0.05) is 12.1 Å². The lowest BCUT2D eigenvalue weighted by molar-refractivity contribution is -0.384. The average molecular weight is 404 g/mol. The summed E-state index contributed by atoms with van der Waals surface area (Å²) in [5.41, 5.74) is 0.923. The number of likely N-dealkylation sites (tertiary alicyclic amines) is 2. The van der Waals surface area contributed by atoms with Gasteiger partial charge in [-0.2, -0.15) is 0 Å². The van der Waals surface area contributed by atoms with Gasteiger partial charge in [-0.3, -0.25) is 10.1 Å². The molecule has 0 aliphatic carbocycles. The number of hydrogen-bond acceptors (Lipinski definition) is 5. The molecule has 160 valence electrons. The van der Waals surface area contributed by atoms with E-state index in [4.69, 9.17) is 4.74 Å². The third kappa shape index (κ3) is 6.16. The molecule has 0 bridgehead atoms. The predicted molar refractivity (Wildman–Crippen MR) is 112 cm³/mol. The Morgan fingerprint density at radius 1 is 1.07 bits per heavy atom. The molecule has 0 N–H and O–H groups in total. The van der Waals surface area contributed by atoms with E-state index in [2.05, 4.69) is 4.90 Å². The molecule has 0 aromatic heterocycles. The number of nitrogens with zero attached hydrogens (tertiary/aromatic N) is 3. The fourth-order valence-corrected chi connectivity index (χ4v) is 4.31. The largest absolute Gasteiger partial charge is 0.444 e. The van der Waals surface area contributed by atoms with Crippen LogP contribution in [0.4, 0.5) is 10.5 Å². The summed E-state index contributed by atoms with van der Waals surface area (Å²) in [6, 6.07) is 7.04. The summed E-state index contributed by atoms with van der Waals surface area (Å²) in [5.74, 6) is 1.12. The Balaban J connectivity index is 1.40. The van der Waals surface area contributed by atoms with Crippen molar-refractivity contribution in [1.29, 1.82) is 0 Å². The highest BCUT2D eigenvalue weighted by atomic mass is 16.6. The lowest BCUT2D eigenvalue weighted by Gasteiger charge is -2.38. The van der Waals surface area contributed by atoms with Gasteiger partial charge in [-0.05, 0) is 76.9 Å². The van der Waals surface area contributed by atoms with E-state index in [9.17, 15) is 14.9 Å². The van der Waals surface area contributed by atoms with Crippen LogP contribution in [0.5, 0.6) is 0 Å². The van der Waals surface area contributed by atoms with E-state index in [-0.39, 0.29) is 16.7 Å². The number of nitro groups is 1. The highest BCUT2D eigenvalue weighted by Gasteiger charge is 2.29. The van der Waals surface area contributed by atoms with Gasteiger partial charge in [0.15, 0.2) is 0 Å². The first-order valence-electron chi connectivity index (χ1n) is 10.7. The van der Waals surface area contributed by atoms with Crippen LogP contribution in [0.2, 0.25) is 0 Å². The fraction of sp³-hybridized carbons (Fsp3) is 0.682. The second kappa shape index (κ2) is 9.11. The zero-order chi connectivity index (χ0) is 21.0. The van der Waals surface area contributed by atoms with Crippen molar-refractivity contribution >= 4 is 11.8 Å². The highest BCUT2D eigenvalue weighted by molar-refractivity contribution is 5.68. The summed E-state index contributed by atoms with van der Waals surface area (Å²) < 4.78 is 5.48. The van der Waals surface area contributed by atoms with Crippen LogP contribution in [0.15, 0.2) is 24.3 Å². The van der Waals surface area contributed by atoms with Gasteiger partial charge in [-0.15, -0.1) is 0 Å². The molecule has 2 saturated heterocycles. The summed E-state index contributed by atoms with van der Waals surface area (Å²) >= 11 is 0. The molecule has 2 heterocycles. The predicted octanol–water partition coefficient (Wildman–Crippen LogP) is 4.42. The van der Waals surface area contributed by atoms with Crippen LogP contribution in [0.25, 0.3) is 0 Å². The summed E-state index contributed by atoms with van der Waals surface area (Å²) in [6.07, 6.45) is 4.05. The number of piperidine rings is 2.